The predicted molar refractivity (Wildman–Crippen MR) is 176 cm³/mol. The van der Waals surface area contributed by atoms with Crippen LogP contribution in [-0.2, 0) is 26.0 Å². The molecule has 11 N–H and O–H groups in total. The fourth-order valence-electron chi connectivity index (χ4n) is 4.78. The second kappa shape index (κ2) is 19.6. The van der Waals surface area contributed by atoms with Crippen molar-refractivity contribution in [2.75, 3.05) is 33.8 Å². The molecule has 2 aromatic carbocycles. The molecule has 0 aliphatic heterocycles. The summed E-state index contributed by atoms with van der Waals surface area (Å²) in [7, 11) is -3.69. The summed E-state index contributed by atoms with van der Waals surface area (Å²) in [5.74, 6) is -2.25. The van der Waals surface area contributed by atoms with E-state index in [1.807, 2.05) is 0 Å². The van der Waals surface area contributed by atoms with Crippen LogP contribution in [0.5, 0.6) is 0 Å². The van der Waals surface area contributed by atoms with Crippen LogP contribution in [0.3, 0.4) is 0 Å². The number of aliphatic carboxylic acids is 1. The van der Waals surface area contributed by atoms with Gasteiger partial charge in [-0.15, -0.1) is 0 Å². The van der Waals surface area contributed by atoms with Gasteiger partial charge in [0.05, 0.1) is 11.5 Å². The number of rotatable bonds is 21. The molecule has 0 aliphatic rings. The summed E-state index contributed by atoms with van der Waals surface area (Å²) in [5, 5.41) is 82.6. The molecule has 2 rings (SSSR count). The number of unbranched alkanes of at least 4 members (excludes halogenated alkanes) is 1. The minimum Gasteiger partial charge on any atom is -0.480 e. The van der Waals surface area contributed by atoms with E-state index in [-0.39, 0.29) is 22.3 Å². The number of amides is 2. The number of sulfonamides is 1. The van der Waals surface area contributed by atoms with Gasteiger partial charge in [0.2, 0.25) is 15.9 Å². The third-order valence-corrected chi connectivity index (χ3v) is 9.20. The number of likely N-dealkylation sites (N-methyl/N-ethyl adjacent to an activating group) is 2. The number of hydrogen-bond donors (Lipinski definition) is 11. The molecular weight excluding hydrogens is 667 g/mol. The molecule has 19 heteroatoms. The van der Waals surface area contributed by atoms with Crippen molar-refractivity contribution >= 4 is 40.4 Å². The van der Waals surface area contributed by atoms with Crippen molar-refractivity contribution in [1.29, 1.82) is 0 Å². The molecule has 2 aromatic rings. The van der Waals surface area contributed by atoms with E-state index in [2.05, 4.69) is 15.4 Å². The second-order valence-corrected chi connectivity index (χ2v) is 13.2. The largest absolute Gasteiger partial charge is 0.488 e. The number of aliphatic hydroxyl groups excluding tert-OH is 5. The highest BCUT2D eigenvalue weighted by Gasteiger charge is 2.34. The second-order valence-electron chi connectivity index (χ2n) is 11.5. The van der Waals surface area contributed by atoms with Gasteiger partial charge < -0.3 is 56.2 Å². The van der Waals surface area contributed by atoms with Crippen LogP contribution in [0.2, 0.25) is 0 Å². The average Bonchev–Trinajstić information content (AvgIpc) is 3.07. The number of hydrogen-bond acceptors (Lipinski definition) is 13. The summed E-state index contributed by atoms with van der Waals surface area (Å²) in [4.78, 5) is 37.8. The highest BCUT2D eigenvalue weighted by Crippen LogP contribution is 2.15. The van der Waals surface area contributed by atoms with Crippen LogP contribution in [-0.4, -0.2) is 149 Å². The van der Waals surface area contributed by atoms with Crippen LogP contribution < -0.4 is 20.8 Å². The van der Waals surface area contributed by atoms with Gasteiger partial charge >= 0.3 is 13.1 Å². The van der Waals surface area contributed by atoms with Crippen LogP contribution >= 0.6 is 0 Å². The lowest BCUT2D eigenvalue weighted by atomic mass is 9.80. The predicted octanol–water partition coefficient (Wildman–Crippen LogP) is -4.28. The molecule has 49 heavy (non-hydrogen) atoms. The number of carbonyl (C=O) groups excluding carboxylic acids is 2. The van der Waals surface area contributed by atoms with E-state index in [1.165, 1.54) is 49.5 Å². The average molecular weight is 713 g/mol. The van der Waals surface area contributed by atoms with Gasteiger partial charge in [0.15, 0.2) is 0 Å². The summed E-state index contributed by atoms with van der Waals surface area (Å²) in [6, 6.07) is 8.46. The maximum absolute atomic E-state index is 13.6. The minimum atomic E-state index is -4.47. The Balaban J connectivity index is 2.21. The monoisotopic (exact) mass is 712 g/mol. The Labute approximate surface area is 284 Å². The zero-order valence-corrected chi connectivity index (χ0v) is 27.9. The van der Waals surface area contributed by atoms with E-state index >= 15 is 0 Å². The normalized spacial score (nSPS) is 15.4. The smallest absolute Gasteiger partial charge is 0.480 e. The molecule has 0 aliphatic carbocycles. The van der Waals surface area contributed by atoms with Gasteiger partial charge in [-0.3, -0.25) is 14.4 Å². The zero-order valence-electron chi connectivity index (χ0n) is 27.1. The van der Waals surface area contributed by atoms with Gasteiger partial charge in [0.1, 0.15) is 36.5 Å². The molecule has 0 saturated heterocycles. The molecule has 272 valence electrons. The summed E-state index contributed by atoms with van der Waals surface area (Å²) in [6.07, 6.45) is -6.30. The Hall–Kier alpha value is -3.50. The SMILES string of the molecule is CN[C@@H](CCCCNC(=O)c1ccc(C[C@H](NS(=O)(=O)c2cccc(B(O)O)c2)C(=O)N(C)C[C@@H](O)[C@H](O)[C@@H](O)[C@@H](O)CO)cc1)C(=O)O. The van der Waals surface area contributed by atoms with Gasteiger partial charge in [-0.2, -0.15) is 4.72 Å². The Morgan fingerprint density at radius 3 is 2.12 bits per heavy atom. The Morgan fingerprint density at radius 2 is 1.55 bits per heavy atom. The standard InChI is InChI=1S/C30H45BN4O13S/c1-32-22(30(43)44)8-3-4-13-33-28(41)19-11-9-18(10-12-19)14-23(34-49(47,48)21-7-5-6-20(15-21)31(45)46)29(42)35(2)16-24(37)26(39)27(40)25(38)17-36/h5-7,9-12,15,22-27,32,34,36-40,45-46H,3-4,8,13-14,16-17H2,1-2H3,(H,33,41)(H,43,44)/t22-,23-,24+,25-,26-,27-/m0/s1. The van der Waals surface area contributed by atoms with Crippen LogP contribution in [0.15, 0.2) is 53.4 Å². The van der Waals surface area contributed by atoms with E-state index in [1.54, 1.807) is 7.05 Å². The number of aliphatic hydroxyl groups is 5. The van der Waals surface area contributed by atoms with Crippen molar-refractivity contribution in [2.24, 2.45) is 0 Å². The first-order chi connectivity index (χ1) is 23.0. The van der Waals surface area contributed by atoms with Gasteiger partial charge in [-0.1, -0.05) is 24.3 Å². The van der Waals surface area contributed by atoms with E-state index in [9.17, 15) is 53.3 Å². The lowest BCUT2D eigenvalue weighted by Gasteiger charge is -2.30. The minimum absolute atomic E-state index is 0.125. The molecule has 0 heterocycles. The van der Waals surface area contributed by atoms with Crippen LogP contribution in [0, 0.1) is 0 Å². The third kappa shape index (κ3) is 12.7. The lowest BCUT2D eigenvalue weighted by molar-refractivity contribution is -0.140. The molecular formula is C30H45BN4O13S. The Bertz CT molecular complexity index is 1480. The molecule has 2 amide bonds. The Morgan fingerprint density at radius 1 is 0.918 bits per heavy atom. The summed E-state index contributed by atoms with van der Waals surface area (Å²) in [6.45, 7) is -1.23. The molecule has 0 aromatic heterocycles. The van der Waals surface area contributed by atoms with Gasteiger partial charge in [0, 0.05) is 25.7 Å². The number of benzene rings is 2. The van der Waals surface area contributed by atoms with E-state index in [4.69, 9.17) is 10.2 Å². The van der Waals surface area contributed by atoms with Crippen molar-refractivity contribution in [3.8, 4) is 0 Å². The maximum atomic E-state index is 13.6. The topological polar surface area (TPSA) is 287 Å². The van der Waals surface area contributed by atoms with Gasteiger partial charge in [-0.05, 0) is 68.0 Å². The van der Waals surface area contributed by atoms with E-state index in [0.717, 1.165) is 11.0 Å². The summed E-state index contributed by atoms with van der Waals surface area (Å²) < 4.78 is 29.0. The quantitative estimate of drug-likeness (QED) is 0.0432. The van der Waals surface area contributed by atoms with Crippen molar-refractivity contribution in [3.05, 3.63) is 59.7 Å². The van der Waals surface area contributed by atoms with Crippen LogP contribution in [0.4, 0.5) is 0 Å². The number of carboxylic acids is 1. The molecule has 0 unspecified atom stereocenters. The first-order valence-corrected chi connectivity index (χ1v) is 16.8. The number of nitrogens with one attached hydrogen (secondary N) is 3. The van der Waals surface area contributed by atoms with E-state index in [0.29, 0.717) is 31.4 Å². The molecule has 0 bridgehead atoms. The number of carbonyl (C=O) groups is 3. The summed E-state index contributed by atoms with van der Waals surface area (Å²) in [5.41, 5.74) is 0.558. The highest BCUT2D eigenvalue weighted by atomic mass is 32.2. The lowest BCUT2D eigenvalue weighted by Crippen LogP contribution is -2.53. The molecule has 0 radical (unpaired) electrons. The van der Waals surface area contributed by atoms with Crippen LogP contribution in [0.1, 0.15) is 35.2 Å². The van der Waals surface area contributed by atoms with E-state index < -0.39 is 84.6 Å². The molecule has 0 saturated carbocycles. The molecule has 17 nitrogen and oxygen atoms in total. The molecule has 6 atom stereocenters. The fourth-order valence-corrected chi connectivity index (χ4v) is 6.03. The van der Waals surface area contributed by atoms with Crippen molar-refractivity contribution < 1.29 is 63.5 Å². The van der Waals surface area contributed by atoms with Crippen molar-refractivity contribution in [2.45, 2.75) is 67.1 Å². The number of carboxylic acid groups (broad SMARTS) is 1. The first kappa shape index (κ1) is 41.7. The first-order valence-electron chi connectivity index (χ1n) is 15.4. The van der Waals surface area contributed by atoms with Crippen molar-refractivity contribution in [3.63, 3.8) is 0 Å². The zero-order chi connectivity index (χ0) is 36.9. The Kier molecular flexibility index (Phi) is 16.7. The molecule has 0 fully saturated rings. The van der Waals surface area contributed by atoms with Gasteiger partial charge in [-0.25, -0.2) is 8.42 Å². The van der Waals surface area contributed by atoms with Crippen molar-refractivity contribution in [1.82, 2.24) is 20.3 Å². The van der Waals surface area contributed by atoms with Crippen LogP contribution in [0.25, 0.3) is 0 Å². The summed E-state index contributed by atoms with van der Waals surface area (Å²) >= 11 is 0. The van der Waals surface area contributed by atoms with Gasteiger partial charge in [0.25, 0.3) is 5.91 Å². The maximum Gasteiger partial charge on any atom is 0.488 e. The highest BCUT2D eigenvalue weighted by molar-refractivity contribution is 7.89. The third-order valence-electron chi connectivity index (χ3n) is 7.73. The molecule has 0 spiro atoms. The fraction of sp³-hybridized carbons (Fsp3) is 0.500. The number of nitrogens with zero attached hydrogens (tertiary/aromatic N) is 1.